The molecule has 1 fully saturated rings. The molecule has 0 spiro atoms. The Morgan fingerprint density at radius 3 is 2.75 bits per heavy atom. The molecule has 1 unspecified atom stereocenters. The summed E-state index contributed by atoms with van der Waals surface area (Å²) in [4.78, 5) is 0. The minimum Gasteiger partial charge on any atom is -0.487 e. The first kappa shape index (κ1) is 17.1. The van der Waals surface area contributed by atoms with Gasteiger partial charge in [0.15, 0.2) is 11.6 Å². The molecule has 2 aliphatic rings. The van der Waals surface area contributed by atoms with E-state index in [-0.39, 0.29) is 70.1 Å². The van der Waals surface area contributed by atoms with Gasteiger partial charge in [0, 0.05) is 0 Å². The van der Waals surface area contributed by atoms with E-state index in [1.54, 1.807) is 6.07 Å². The van der Waals surface area contributed by atoms with Crippen molar-refractivity contribution in [1.29, 1.82) is 0 Å². The van der Waals surface area contributed by atoms with E-state index < -0.39 is 0 Å². The zero-order valence-electron chi connectivity index (χ0n) is 12.4. The van der Waals surface area contributed by atoms with Crippen molar-refractivity contribution >= 4 is 0 Å². The summed E-state index contributed by atoms with van der Waals surface area (Å²) in [5.41, 5.74) is 1.03. The Morgan fingerprint density at radius 2 is 1.95 bits per heavy atom. The number of rotatable bonds is 3. The van der Waals surface area contributed by atoms with E-state index in [1.165, 1.54) is 38.2 Å². The molecule has 1 atom stereocenters. The van der Waals surface area contributed by atoms with Gasteiger partial charge >= 0.3 is 58.2 Å². The molecule has 0 amide bonds. The van der Waals surface area contributed by atoms with Crippen LogP contribution in [0, 0.1) is 18.2 Å². The van der Waals surface area contributed by atoms with E-state index >= 15 is 0 Å². The van der Waals surface area contributed by atoms with Gasteiger partial charge in [0.25, 0.3) is 0 Å². The van der Waals surface area contributed by atoms with Crippen LogP contribution in [0.4, 0.5) is 4.39 Å². The fraction of sp³-hybridized carbons (Fsp3) is 0.588. The number of hydrogen-bond acceptors (Lipinski definition) is 1. The molecule has 1 aliphatic heterocycles. The molecular weight excluding hydrogens is 325 g/mol. The minimum absolute atomic E-state index is 0. The molecule has 1 nitrogen and oxygen atoms in total. The first-order valence-electron chi connectivity index (χ1n) is 7.58. The molecule has 1 aromatic rings. The summed E-state index contributed by atoms with van der Waals surface area (Å²) in [7, 11) is 0. The molecule has 104 valence electrons. The summed E-state index contributed by atoms with van der Waals surface area (Å²) in [6.45, 7) is 0. The van der Waals surface area contributed by atoms with E-state index in [0.29, 0.717) is 5.75 Å². The van der Waals surface area contributed by atoms with E-state index in [4.69, 9.17) is 4.74 Å². The Kier molecular flexibility index (Phi) is 7.19. The van der Waals surface area contributed by atoms with E-state index in [9.17, 15) is 4.39 Å². The Hall–Kier alpha value is 0.755. The van der Waals surface area contributed by atoms with Crippen LogP contribution in [0.3, 0.4) is 0 Å². The maximum absolute atomic E-state index is 13.7. The third-order valence-electron chi connectivity index (χ3n) is 4.52. The Balaban J connectivity index is 0.00000147. The standard InChI is InChI=1S/C17H22FO.Rb/c18-16-8-4-7-14-10-12-15(19-17(14)16)11-9-13-5-2-1-3-6-13;/h1,4,7-8,13,15H,2-3,5-6,9-12H2;/q-1;+1. The van der Waals surface area contributed by atoms with Gasteiger partial charge in [-0.15, -0.1) is 0 Å². The van der Waals surface area contributed by atoms with Crippen LogP contribution >= 0.6 is 0 Å². The van der Waals surface area contributed by atoms with Crippen LogP contribution in [0.2, 0.25) is 0 Å². The summed E-state index contributed by atoms with van der Waals surface area (Å²) in [6.07, 6.45) is 12.1. The Bertz CT molecular complexity index is 429. The van der Waals surface area contributed by atoms with Crippen molar-refractivity contribution in [2.24, 2.45) is 5.92 Å². The average molecular weight is 347 g/mol. The molecule has 0 aromatic heterocycles. The van der Waals surface area contributed by atoms with Gasteiger partial charge < -0.3 is 11.2 Å². The summed E-state index contributed by atoms with van der Waals surface area (Å²) in [5, 5.41) is 0. The number of fused-ring (bicyclic) bond motifs is 1. The van der Waals surface area contributed by atoms with Crippen LogP contribution in [0.25, 0.3) is 0 Å². The molecular formula is C17H22FORb. The number of ether oxygens (including phenoxy) is 1. The zero-order valence-corrected chi connectivity index (χ0v) is 17.3. The summed E-state index contributed by atoms with van der Waals surface area (Å²) in [5.74, 6) is 1.17. The van der Waals surface area contributed by atoms with Crippen molar-refractivity contribution < 1.29 is 67.3 Å². The molecule has 1 aromatic carbocycles. The fourth-order valence-electron chi connectivity index (χ4n) is 3.33. The van der Waals surface area contributed by atoms with Crippen molar-refractivity contribution in [2.45, 2.75) is 57.5 Å². The van der Waals surface area contributed by atoms with Crippen LogP contribution in [0.15, 0.2) is 18.2 Å². The zero-order chi connectivity index (χ0) is 13.1. The first-order valence-corrected chi connectivity index (χ1v) is 7.58. The predicted molar refractivity (Wildman–Crippen MR) is 74.6 cm³/mol. The van der Waals surface area contributed by atoms with Crippen LogP contribution < -0.4 is 62.9 Å². The largest absolute Gasteiger partial charge is 1.00 e. The second kappa shape index (κ2) is 8.40. The average Bonchev–Trinajstić information content (AvgIpc) is 2.47. The number of benzene rings is 1. The molecule has 0 N–H and O–H groups in total. The quantitative estimate of drug-likeness (QED) is 0.757. The SMILES string of the molecule is Fc1cccc2c1OC(CCC1CC[CH-]CC1)CC2.[Rb+]. The first-order chi connectivity index (χ1) is 9.33. The Labute approximate surface area is 170 Å². The molecule has 20 heavy (non-hydrogen) atoms. The maximum atomic E-state index is 13.7. The van der Waals surface area contributed by atoms with E-state index in [0.717, 1.165) is 30.7 Å². The molecule has 0 saturated heterocycles. The molecule has 0 radical (unpaired) electrons. The fourth-order valence-corrected chi connectivity index (χ4v) is 3.33. The second-order valence-electron chi connectivity index (χ2n) is 5.89. The van der Waals surface area contributed by atoms with Gasteiger partial charge in [-0.1, -0.05) is 25.0 Å². The third-order valence-corrected chi connectivity index (χ3v) is 4.52. The van der Waals surface area contributed by atoms with Crippen LogP contribution in [0.1, 0.15) is 50.5 Å². The molecule has 1 heterocycles. The van der Waals surface area contributed by atoms with Crippen molar-refractivity contribution in [2.75, 3.05) is 0 Å². The number of hydrogen-bond donors (Lipinski definition) is 0. The molecule has 3 rings (SSSR count). The van der Waals surface area contributed by atoms with Gasteiger partial charge in [0.05, 0.1) is 6.10 Å². The van der Waals surface area contributed by atoms with Gasteiger partial charge in [0.2, 0.25) is 0 Å². The van der Waals surface area contributed by atoms with E-state index in [2.05, 4.69) is 6.42 Å². The predicted octanol–water partition coefficient (Wildman–Crippen LogP) is 1.70. The van der Waals surface area contributed by atoms with Gasteiger partial charge in [0.1, 0.15) is 0 Å². The van der Waals surface area contributed by atoms with Crippen LogP contribution in [-0.4, -0.2) is 6.10 Å². The second-order valence-corrected chi connectivity index (χ2v) is 5.89. The molecule has 1 aliphatic carbocycles. The molecule has 0 bridgehead atoms. The minimum atomic E-state index is -0.200. The number of para-hydroxylation sites is 1. The maximum Gasteiger partial charge on any atom is 1.00 e. The third kappa shape index (κ3) is 4.38. The molecule has 1 saturated carbocycles. The number of aryl methyl sites for hydroxylation is 1. The van der Waals surface area contributed by atoms with Gasteiger partial charge in [-0.2, -0.15) is 12.8 Å². The van der Waals surface area contributed by atoms with Gasteiger partial charge in [-0.05, 0) is 43.2 Å². The van der Waals surface area contributed by atoms with Crippen molar-refractivity contribution in [3.63, 3.8) is 0 Å². The topological polar surface area (TPSA) is 9.23 Å². The Morgan fingerprint density at radius 1 is 1.15 bits per heavy atom. The van der Waals surface area contributed by atoms with Crippen molar-refractivity contribution in [1.82, 2.24) is 0 Å². The van der Waals surface area contributed by atoms with Crippen LogP contribution in [0.5, 0.6) is 5.75 Å². The monoisotopic (exact) mass is 346 g/mol. The normalized spacial score (nSPS) is 22.6. The summed E-state index contributed by atoms with van der Waals surface area (Å²) < 4.78 is 19.6. The summed E-state index contributed by atoms with van der Waals surface area (Å²) in [6, 6.07) is 5.25. The van der Waals surface area contributed by atoms with Crippen molar-refractivity contribution in [3.05, 3.63) is 36.0 Å². The van der Waals surface area contributed by atoms with Crippen molar-refractivity contribution in [3.8, 4) is 5.75 Å². The van der Waals surface area contributed by atoms with E-state index in [1.807, 2.05) is 6.07 Å². The smallest absolute Gasteiger partial charge is 0.487 e. The van der Waals surface area contributed by atoms with Gasteiger partial charge in [-0.3, -0.25) is 0 Å². The summed E-state index contributed by atoms with van der Waals surface area (Å²) >= 11 is 0. The van der Waals surface area contributed by atoms with Gasteiger partial charge in [-0.25, -0.2) is 4.39 Å². The molecule has 3 heteroatoms. The number of halogens is 1. The van der Waals surface area contributed by atoms with Crippen LogP contribution in [-0.2, 0) is 6.42 Å².